The maximum Gasteiger partial charge on any atom is 0.133 e. The number of anilines is 1. The zero-order valence-corrected chi connectivity index (χ0v) is 13.9. The summed E-state index contributed by atoms with van der Waals surface area (Å²) in [5.41, 5.74) is 5.29. The number of fused-ring (bicyclic) bond motifs is 1. The van der Waals surface area contributed by atoms with Crippen LogP contribution in [0.3, 0.4) is 0 Å². The predicted molar refractivity (Wildman–Crippen MR) is 93.0 cm³/mol. The summed E-state index contributed by atoms with van der Waals surface area (Å²) in [5, 5.41) is 8.57. The monoisotopic (exact) mass is 297 g/mol. The number of hydrogen-bond acceptors (Lipinski definition) is 2. The molecule has 1 aromatic heterocycles. The fourth-order valence-corrected chi connectivity index (χ4v) is 3.18. The van der Waals surface area contributed by atoms with Gasteiger partial charge in [-0.3, -0.25) is 0 Å². The van der Waals surface area contributed by atoms with Gasteiger partial charge in [0.25, 0.3) is 0 Å². The van der Waals surface area contributed by atoms with E-state index in [1.165, 1.54) is 54.0 Å². The van der Waals surface area contributed by atoms with Gasteiger partial charge in [-0.15, -0.1) is 0 Å². The van der Waals surface area contributed by atoms with E-state index in [-0.39, 0.29) is 0 Å². The van der Waals surface area contributed by atoms with Gasteiger partial charge in [-0.1, -0.05) is 32.4 Å². The molecule has 22 heavy (non-hydrogen) atoms. The van der Waals surface area contributed by atoms with Crippen molar-refractivity contribution < 1.29 is 0 Å². The van der Waals surface area contributed by atoms with Crippen LogP contribution < -0.4 is 5.32 Å². The van der Waals surface area contributed by atoms with E-state index in [2.05, 4.69) is 48.1 Å². The summed E-state index contributed by atoms with van der Waals surface area (Å²) < 4.78 is 2.13. The van der Waals surface area contributed by atoms with Crippen molar-refractivity contribution in [2.75, 3.05) is 11.9 Å². The maximum absolute atomic E-state index is 4.95. The number of benzene rings is 1. The van der Waals surface area contributed by atoms with Crippen LogP contribution in [-0.2, 0) is 19.3 Å². The van der Waals surface area contributed by atoms with Crippen molar-refractivity contribution in [1.82, 2.24) is 9.78 Å². The van der Waals surface area contributed by atoms with Crippen LogP contribution in [-0.4, -0.2) is 16.3 Å². The van der Waals surface area contributed by atoms with E-state index in [0.717, 1.165) is 25.8 Å². The molecule has 1 aliphatic heterocycles. The smallest absolute Gasteiger partial charge is 0.133 e. The highest BCUT2D eigenvalue weighted by Gasteiger charge is 2.20. The van der Waals surface area contributed by atoms with Crippen LogP contribution in [0.2, 0.25) is 0 Å². The Bertz CT molecular complexity index is 610. The number of nitrogens with zero attached hydrogens (tertiary/aromatic N) is 2. The third-order valence-electron chi connectivity index (χ3n) is 4.57. The molecule has 0 saturated heterocycles. The number of hydrogen-bond donors (Lipinski definition) is 1. The molecule has 2 aromatic rings. The second-order valence-corrected chi connectivity index (χ2v) is 6.19. The van der Waals surface area contributed by atoms with Gasteiger partial charge in [0.15, 0.2) is 0 Å². The Hall–Kier alpha value is -1.77. The molecule has 3 rings (SSSR count). The number of aryl methyl sites for hydroxylation is 2. The predicted octanol–water partition coefficient (Wildman–Crippen LogP) is 4.53. The summed E-state index contributed by atoms with van der Waals surface area (Å²) in [6.45, 7) is 5.50. The van der Waals surface area contributed by atoms with Gasteiger partial charge >= 0.3 is 0 Å². The first-order chi connectivity index (χ1) is 10.8. The van der Waals surface area contributed by atoms with Crippen molar-refractivity contribution in [1.29, 1.82) is 0 Å². The molecule has 0 aliphatic carbocycles. The van der Waals surface area contributed by atoms with E-state index < -0.39 is 0 Å². The molecular weight excluding hydrogens is 270 g/mol. The van der Waals surface area contributed by atoms with Gasteiger partial charge in [0.1, 0.15) is 5.82 Å². The van der Waals surface area contributed by atoms with E-state index in [1.54, 1.807) is 0 Å². The standard InChI is InChI=1S/C19H27N3/c1-3-5-9-18-17-8-6-7-14-20-19(17)22(21-18)16-12-10-15(4-2)11-13-16/h10-13,20H,3-9,14H2,1-2H3. The summed E-state index contributed by atoms with van der Waals surface area (Å²) >= 11 is 0. The molecule has 2 heterocycles. The number of nitrogens with one attached hydrogen (secondary N) is 1. The summed E-state index contributed by atoms with van der Waals surface area (Å²) in [6.07, 6.45) is 8.29. The van der Waals surface area contributed by atoms with Gasteiger partial charge in [-0.05, 0) is 56.2 Å². The third kappa shape index (κ3) is 3.03. The molecule has 0 unspecified atom stereocenters. The summed E-state index contributed by atoms with van der Waals surface area (Å²) in [5.74, 6) is 1.23. The number of unbranched alkanes of at least 4 members (excludes halogenated alkanes) is 1. The van der Waals surface area contributed by atoms with E-state index in [1.807, 2.05) is 0 Å². The minimum absolute atomic E-state index is 1.05. The molecule has 1 aliphatic rings. The van der Waals surface area contributed by atoms with Gasteiger partial charge in [0.2, 0.25) is 0 Å². The van der Waals surface area contributed by atoms with Crippen molar-refractivity contribution >= 4 is 5.82 Å². The van der Waals surface area contributed by atoms with Crippen molar-refractivity contribution in [2.24, 2.45) is 0 Å². The number of aromatic nitrogens is 2. The van der Waals surface area contributed by atoms with Crippen LogP contribution in [0.5, 0.6) is 0 Å². The Morgan fingerprint density at radius 3 is 2.68 bits per heavy atom. The van der Waals surface area contributed by atoms with Crippen molar-refractivity contribution in [2.45, 2.75) is 58.8 Å². The lowest BCUT2D eigenvalue weighted by Crippen LogP contribution is -2.07. The Balaban J connectivity index is 2.00. The van der Waals surface area contributed by atoms with Crippen molar-refractivity contribution in [3.05, 3.63) is 41.1 Å². The molecule has 0 amide bonds. The average Bonchev–Trinajstić information content (AvgIpc) is 2.74. The Morgan fingerprint density at radius 2 is 1.95 bits per heavy atom. The Morgan fingerprint density at radius 1 is 1.14 bits per heavy atom. The Kier molecular flexibility index (Phi) is 4.81. The van der Waals surface area contributed by atoms with E-state index in [4.69, 9.17) is 5.10 Å². The van der Waals surface area contributed by atoms with Crippen LogP contribution in [0.4, 0.5) is 5.82 Å². The molecule has 118 valence electrons. The molecule has 0 spiro atoms. The first-order valence-corrected chi connectivity index (χ1v) is 8.77. The highest BCUT2D eigenvalue weighted by atomic mass is 15.3. The van der Waals surface area contributed by atoms with Crippen LogP contribution in [0.1, 0.15) is 56.4 Å². The van der Waals surface area contributed by atoms with Gasteiger partial charge < -0.3 is 5.32 Å². The fraction of sp³-hybridized carbons (Fsp3) is 0.526. The van der Waals surface area contributed by atoms with Gasteiger partial charge in [0, 0.05) is 12.1 Å². The molecular formula is C19H27N3. The fourth-order valence-electron chi connectivity index (χ4n) is 3.18. The van der Waals surface area contributed by atoms with Crippen molar-refractivity contribution in [3.8, 4) is 5.69 Å². The molecule has 0 bridgehead atoms. The summed E-state index contributed by atoms with van der Waals surface area (Å²) in [7, 11) is 0. The lowest BCUT2D eigenvalue weighted by atomic mass is 10.1. The quantitative estimate of drug-likeness (QED) is 0.879. The van der Waals surface area contributed by atoms with Crippen LogP contribution >= 0.6 is 0 Å². The topological polar surface area (TPSA) is 29.9 Å². The van der Waals surface area contributed by atoms with Crippen LogP contribution in [0, 0.1) is 0 Å². The SMILES string of the molecule is CCCCc1nn(-c2ccc(CC)cc2)c2c1CCCCN2. The van der Waals surface area contributed by atoms with Crippen LogP contribution in [0.25, 0.3) is 5.69 Å². The molecule has 3 heteroatoms. The molecule has 0 atom stereocenters. The highest BCUT2D eigenvalue weighted by Crippen LogP contribution is 2.29. The van der Waals surface area contributed by atoms with E-state index in [0.29, 0.717) is 0 Å². The molecule has 0 saturated carbocycles. The first-order valence-electron chi connectivity index (χ1n) is 8.77. The third-order valence-corrected chi connectivity index (χ3v) is 4.57. The molecule has 0 radical (unpaired) electrons. The van der Waals surface area contributed by atoms with Crippen LogP contribution in [0.15, 0.2) is 24.3 Å². The van der Waals surface area contributed by atoms with Gasteiger partial charge in [-0.25, -0.2) is 4.68 Å². The lowest BCUT2D eigenvalue weighted by molar-refractivity contribution is 0.728. The maximum atomic E-state index is 4.95. The molecule has 1 N–H and O–H groups in total. The van der Waals surface area contributed by atoms with Gasteiger partial charge in [-0.2, -0.15) is 5.10 Å². The minimum atomic E-state index is 1.05. The minimum Gasteiger partial charge on any atom is -0.370 e. The van der Waals surface area contributed by atoms with Gasteiger partial charge in [0.05, 0.1) is 11.4 Å². The zero-order chi connectivity index (χ0) is 15.4. The number of rotatable bonds is 5. The molecule has 3 nitrogen and oxygen atoms in total. The second kappa shape index (κ2) is 6.99. The normalized spacial score (nSPS) is 14.3. The van der Waals surface area contributed by atoms with Crippen molar-refractivity contribution in [3.63, 3.8) is 0 Å². The van der Waals surface area contributed by atoms with E-state index >= 15 is 0 Å². The summed E-state index contributed by atoms with van der Waals surface area (Å²) in [4.78, 5) is 0. The van der Waals surface area contributed by atoms with E-state index in [9.17, 15) is 0 Å². The average molecular weight is 297 g/mol. The molecule has 0 fully saturated rings. The zero-order valence-electron chi connectivity index (χ0n) is 13.9. The summed E-state index contributed by atoms with van der Waals surface area (Å²) in [6, 6.07) is 8.82. The largest absolute Gasteiger partial charge is 0.370 e. The Labute approximate surface area is 133 Å². The second-order valence-electron chi connectivity index (χ2n) is 6.19. The first kappa shape index (κ1) is 15.1. The highest BCUT2D eigenvalue weighted by molar-refractivity contribution is 5.54. The molecule has 1 aromatic carbocycles. The lowest BCUT2D eigenvalue weighted by Gasteiger charge is -2.09.